The first-order chi connectivity index (χ1) is 8.10. The summed E-state index contributed by atoms with van der Waals surface area (Å²) in [6.07, 6.45) is 3.31. The highest BCUT2D eigenvalue weighted by Crippen LogP contribution is 2.02. The number of pyridine rings is 1. The Morgan fingerprint density at radius 3 is 2.35 bits per heavy atom. The van der Waals surface area contributed by atoms with E-state index in [4.69, 9.17) is 0 Å². The van der Waals surface area contributed by atoms with Crippen LogP contribution in [0, 0.1) is 6.92 Å². The van der Waals surface area contributed by atoms with Crippen LogP contribution < -0.4 is 5.43 Å². The number of hydrogen-bond acceptors (Lipinski definition) is 2. The zero-order valence-corrected chi connectivity index (χ0v) is 10.7. The van der Waals surface area contributed by atoms with Crippen LogP contribution in [0.5, 0.6) is 0 Å². The highest BCUT2D eigenvalue weighted by atomic mass is 16.2. The van der Waals surface area contributed by atoms with E-state index >= 15 is 0 Å². The van der Waals surface area contributed by atoms with Crippen molar-refractivity contribution in [2.45, 2.75) is 33.6 Å². The van der Waals surface area contributed by atoms with Gasteiger partial charge in [-0.15, -0.1) is 0 Å². The number of nitrogens with zero attached hydrogens (tertiary/aromatic N) is 1. The Bertz CT molecular complexity index is 431. The van der Waals surface area contributed by atoms with Crippen LogP contribution >= 0.6 is 0 Å². The molecule has 4 nitrogen and oxygen atoms in total. The van der Waals surface area contributed by atoms with Gasteiger partial charge in [-0.2, -0.15) is 0 Å². The van der Waals surface area contributed by atoms with Crippen LogP contribution in [-0.2, 0) is 0 Å². The molecule has 1 aromatic rings. The second-order valence-electron chi connectivity index (χ2n) is 4.19. The van der Waals surface area contributed by atoms with E-state index in [-0.39, 0.29) is 16.9 Å². The minimum absolute atomic E-state index is 0.171. The lowest BCUT2D eigenvalue weighted by Gasteiger charge is -2.21. The first kappa shape index (κ1) is 13.5. The maximum atomic E-state index is 12.2. The summed E-state index contributed by atoms with van der Waals surface area (Å²) < 4.78 is 0. The quantitative estimate of drug-likeness (QED) is 0.849. The number of aromatic amines is 1. The maximum absolute atomic E-state index is 12.2. The van der Waals surface area contributed by atoms with Crippen molar-refractivity contribution in [3.05, 3.63) is 33.7 Å². The Morgan fingerprint density at radius 1 is 1.29 bits per heavy atom. The van der Waals surface area contributed by atoms with Crippen molar-refractivity contribution in [2.75, 3.05) is 13.1 Å². The topological polar surface area (TPSA) is 53.2 Å². The largest absolute Gasteiger partial charge is 0.364 e. The van der Waals surface area contributed by atoms with Gasteiger partial charge in [0.15, 0.2) is 5.43 Å². The van der Waals surface area contributed by atoms with E-state index in [1.165, 1.54) is 12.3 Å². The van der Waals surface area contributed by atoms with Crippen molar-refractivity contribution in [1.29, 1.82) is 0 Å². The fourth-order valence-electron chi connectivity index (χ4n) is 1.77. The number of aromatic nitrogens is 1. The molecule has 0 atom stereocenters. The van der Waals surface area contributed by atoms with Crippen molar-refractivity contribution in [1.82, 2.24) is 9.88 Å². The molecule has 0 fully saturated rings. The molecule has 0 saturated heterocycles. The van der Waals surface area contributed by atoms with E-state index in [1.807, 2.05) is 13.8 Å². The second kappa shape index (κ2) is 6.23. The van der Waals surface area contributed by atoms with Gasteiger partial charge in [0.2, 0.25) is 0 Å². The maximum Gasteiger partial charge on any atom is 0.259 e. The molecule has 0 unspecified atom stereocenters. The Balaban J connectivity index is 2.96. The van der Waals surface area contributed by atoms with Crippen LogP contribution in [0.2, 0.25) is 0 Å². The van der Waals surface area contributed by atoms with Gasteiger partial charge < -0.3 is 9.88 Å². The van der Waals surface area contributed by atoms with Gasteiger partial charge in [0.1, 0.15) is 5.56 Å². The third kappa shape index (κ3) is 3.44. The summed E-state index contributed by atoms with van der Waals surface area (Å²) in [5.74, 6) is -0.171. The molecule has 0 saturated carbocycles. The fraction of sp³-hybridized carbons (Fsp3) is 0.538. The number of nitrogens with one attached hydrogen (secondary N) is 1. The Hall–Kier alpha value is -1.58. The standard InChI is InChI=1S/C13H20N2O2/c1-4-6-15(7-5-2)13(17)11-9-14-10(3)8-12(11)16/h8-9H,4-7H2,1-3H3,(H,14,16). The first-order valence-electron chi connectivity index (χ1n) is 6.08. The van der Waals surface area contributed by atoms with Gasteiger partial charge in [-0.1, -0.05) is 13.8 Å². The lowest BCUT2D eigenvalue weighted by molar-refractivity contribution is 0.0754. The predicted octanol–water partition coefficient (Wildman–Crippen LogP) is 1.95. The molecule has 1 N–H and O–H groups in total. The van der Waals surface area contributed by atoms with Crippen LogP contribution in [0.1, 0.15) is 42.7 Å². The molecule has 0 aliphatic rings. The second-order valence-corrected chi connectivity index (χ2v) is 4.19. The molecule has 1 aromatic heterocycles. The Labute approximate surface area is 102 Å². The Morgan fingerprint density at radius 2 is 1.88 bits per heavy atom. The summed E-state index contributed by atoms with van der Waals surface area (Å²) in [5, 5.41) is 0. The molecule has 0 bridgehead atoms. The monoisotopic (exact) mass is 236 g/mol. The molecule has 94 valence electrons. The van der Waals surface area contributed by atoms with Crippen molar-refractivity contribution in [2.24, 2.45) is 0 Å². The molecule has 17 heavy (non-hydrogen) atoms. The van der Waals surface area contributed by atoms with Crippen LogP contribution in [-0.4, -0.2) is 28.9 Å². The minimum atomic E-state index is -0.205. The molecule has 0 aliphatic carbocycles. The van der Waals surface area contributed by atoms with Crippen LogP contribution in [0.4, 0.5) is 0 Å². The summed E-state index contributed by atoms with van der Waals surface area (Å²) in [4.78, 5) is 28.5. The zero-order valence-electron chi connectivity index (χ0n) is 10.7. The number of H-pyrrole nitrogens is 1. The number of carbonyl (C=O) groups is 1. The summed E-state index contributed by atoms with van der Waals surface area (Å²) in [5.41, 5.74) is 0.796. The van der Waals surface area contributed by atoms with Gasteiger partial charge in [0, 0.05) is 31.0 Å². The van der Waals surface area contributed by atoms with E-state index in [9.17, 15) is 9.59 Å². The molecular formula is C13H20N2O2. The highest BCUT2D eigenvalue weighted by molar-refractivity contribution is 5.93. The molecule has 4 heteroatoms. The molecule has 0 radical (unpaired) electrons. The highest BCUT2D eigenvalue weighted by Gasteiger charge is 2.16. The van der Waals surface area contributed by atoms with E-state index in [2.05, 4.69) is 4.98 Å². The minimum Gasteiger partial charge on any atom is -0.364 e. The van der Waals surface area contributed by atoms with Crippen molar-refractivity contribution < 1.29 is 4.79 Å². The number of rotatable bonds is 5. The average Bonchev–Trinajstić information content (AvgIpc) is 2.28. The number of hydrogen-bond donors (Lipinski definition) is 1. The van der Waals surface area contributed by atoms with E-state index < -0.39 is 0 Å². The van der Waals surface area contributed by atoms with Crippen molar-refractivity contribution >= 4 is 5.91 Å². The Kier molecular flexibility index (Phi) is 4.94. The van der Waals surface area contributed by atoms with Gasteiger partial charge in [-0.25, -0.2) is 0 Å². The van der Waals surface area contributed by atoms with Gasteiger partial charge in [0.25, 0.3) is 5.91 Å². The van der Waals surface area contributed by atoms with Gasteiger partial charge in [0.05, 0.1) is 0 Å². The lowest BCUT2D eigenvalue weighted by atomic mass is 10.2. The molecule has 1 rings (SSSR count). The first-order valence-corrected chi connectivity index (χ1v) is 6.08. The van der Waals surface area contributed by atoms with Gasteiger partial charge >= 0.3 is 0 Å². The van der Waals surface area contributed by atoms with Crippen molar-refractivity contribution in [3.8, 4) is 0 Å². The molecular weight excluding hydrogens is 216 g/mol. The zero-order chi connectivity index (χ0) is 12.8. The van der Waals surface area contributed by atoms with E-state index in [1.54, 1.807) is 11.8 Å². The fourth-order valence-corrected chi connectivity index (χ4v) is 1.77. The molecule has 1 heterocycles. The van der Waals surface area contributed by atoms with Crippen LogP contribution in [0.25, 0.3) is 0 Å². The molecule has 0 spiro atoms. The van der Waals surface area contributed by atoms with Crippen molar-refractivity contribution in [3.63, 3.8) is 0 Å². The summed E-state index contributed by atoms with van der Waals surface area (Å²) in [6, 6.07) is 1.46. The molecule has 0 aliphatic heterocycles. The lowest BCUT2D eigenvalue weighted by Crippen LogP contribution is -2.35. The van der Waals surface area contributed by atoms with Gasteiger partial charge in [-0.3, -0.25) is 9.59 Å². The normalized spacial score (nSPS) is 10.3. The van der Waals surface area contributed by atoms with E-state index in [0.29, 0.717) is 13.1 Å². The average molecular weight is 236 g/mol. The summed E-state index contributed by atoms with van der Waals surface area (Å²) >= 11 is 0. The summed E-state index contributed by atoms with van der Waals surface area (Å²) in [6.45, 7) is 7.23. The third-order valence-corrected chi connectivity index (χ3v) is 2.56. The molecule has 1 amide bonds. The number of aryl methyl sites for hydroxylation is 1. The smallest absolute Gasteiger partial charge is 0.259 e. The third-order valence-electron chi connectivity index (χ3n) is 2.56. The SMILES string of the molecule is CCCN(CCC)C(=O)c1c[nH]c(C)cc1=O. The van der Waals surface area contributed by atoms with Gasteiger partial charge in [-0.05, 0) is 19.8 Å². The van der Waals surface area contributed by atoms with Crippen LogP contribution in [0.15, 0.2) is 17.1 Å². The number of carbonyl (C=O) groups excluding carboxylic acids is 1. The van der Waals surface area contributed by atoms with Crippen LogP contribution in [0.3, 0.4) is 0 Å². The predicted molar refractivity (Wildman–Crippen MR) is 68.3 cm³/mol. The summed E-state index contributed by atoms with van der Waals surface area (Å²) in [7, 11) is 0. The van der Waals surface area contributed by atoms with E-state index in [0.717, 1.165) is 18.5 Å². The number of amides is 1. The molecule has 0 aromatic carbocycles.